The largest absolute Gasteiger partial charge is 0.444 e. The fourth-order valence-corrected chi connectivity index (χ4v) is 3.20. The van der Waals surface area contributed by atoms with Crippen molar-refractivity contribution in [2.45, 2.75) is 39.3 Å². The number of halogens is 2. The molecule has 0 saturated carbocycles. The van der Waals surface area contributed by atoms with Crippen LogP contribution in [-0.4, -0.2) is 36.2 Å². The molecule has 1 atom stereocenters. The van der Waals surface area contributed by atoms with Crippen LogP contribution in [0.15, 0.2) is 18.2 Å². The van der Waals surface area contributed by atoms with E-state index in [4.69, 9.17) is 27.9 Å². The lowest BCUT2D eigenvalue weighted by atomic mass is 10.1. The third kappa shape index (κ3) is 6.21. The Labute approximate surface area is 148 Å². The summed E-state index contributed by atoms with van der Waals surface area (Å²) in [6, 6.07) is 5.53. The third-order valence-corrected chi connectivity index (χ3v) is 4.06. The van der Waals surface area contributed by atoms with E-state index in [2.05, 4.69) is 5.32 Å². The van der Waals surface area contributed by atoms with Crippen LogP contribution in [0, 0.1) is 5.92 Å². The van der Waals surface area contributed by atoms with Crippen LogP contribution in [0.2, 0.25) is 10.0 Å². The first-order valence-corrected chi connectivity index (χ1v) is 8.62. The summed E-state index contributed by atoms with van der Waals surface area (Å²) in [7, 11) is 0. The first kappa shape index (κ1) is 18.4. The van der Waals surface area contributed by atoms with Crippen LogP contribution in [0.5, 0.6) is 0 Å². The normalized spacial score (nSPS) is 18.3. The van der Waals surface area contributed by atoms with Crippen molar-refractivity contribution >= 4 is 29.3 Å². The summed E-state index contributed by atoms with van der Waals surface area (Å²) in [6.07, 6.45) is 0.768. The Bertz CT molecular complexity index is 538. The average Bonchev–Trinajstić information content (AvgIpc) is 2.84. The van der Waals surface area contributed by atoms with Gasteiger partial charge in [0.05, 0.1) is 0 Å². The second-order valence-corrected chi connectivity index (χ2v) is 7.86. The minimum absolute atomic E-state index is 0.221. The first-order chi connectivity index (χ1) is 10.7. The van der Waals surface area contributed by atoms with Gasteiger partial charge in [-0.2, -0.15) is 0 Å². The van der Waals surface area contributed by atoms with Gasteiger partial charge in [-0.3, -0.25) is 0 Å². The molecule has 0 radical (unpaired) electrons. The molecule has 2 rings (SSSR count). The predicted octanol–water partition coefficient (Wildman–Crippen LogP) is 4.34. The summed E-state index contributed by atoms with van der Waals surface area (Å²) in [5.74, 6) is 0.442. The van der Waals surface area contributed by atoms with E-state index >= 15 is 0 Å². The molecule has 1 aromatic carbocycles. The summed E-state index contributed by atoms with van der Waals surface area (Å²) in [4.78, 5) is 13.8. The maximum absolute atomic E-state index is 12.0. The second kappa shape index (κ2) is 7.73. The van der Waals surface area contributed by atoms with E-state index in [9.17, 15) is 4.79 Å². The van der Waals surface area contributed by atoms with Crippen molar-refractivity contribution in [3.63, 3.8) is 0 Å². The van der Waals surface area contributed by atoms with E-state index in [0.29, 0.717) is 22.5 Å². The highest BCUT2D eigenvalue weighted by Crippen LogP contribution is 2.20. The van der Waals surface area contributed by atoms with Gasteiger partial charge >= 0.3 is 6.09 Å². The molecule has 23 heavy (non-hydrogen) atoms. The Hall–Kier alpha value is -0.970. The van der Waals surface area contributed by atoms with Crippen molar-refractivity contribution in [3.8, 4) is 0 Å². The number of hydrogen-bond donors (Lipinski definition) is 1. The van der Waals surface area contributed by atoms with Gasteiger partial charge in [0.25, 0.3) is 0 Å². The lowest BCUT2D eigenvalue weighted by molar-refractivity contribution is 0.0288. The van der Waals surface area contributed by atoms with Crippen molar-refractivity contribution in [1.29, 1.82) is 0 Å². The molecule has 1 unspecified atom stereocenters. The monoisotopic (exact) mass is 358 g/mol. The van der Waals surface area contributed by atoms with Gasteiger partial charge in [-0.15, -0.1) is 0 Å². The zero-order valence-corrected chi connectivity index (χ0v) is 15.4. The van der Waals surface area contributed by atoms with Crippen molar-refractivity contribution < 1.29 is 9.53 Å². The summed E-state index contributed by atoms with van der Waals surface area (Å²) >= 11 is 12.0. The summed E-state index contributed by atoms with van der Waals surface area (Å²) in [5, 5.41) is 4.70. The topological polar surface area (TPSA) is 41.6 Å². The van der Waals surface area contributed by atoms with E-state index in [1.54, 1.807) is 11.0 Å². The van der Waals surface area contributed by atoms with Gasteiger partial charge in [0, 0.05) is 36.2 Å². The lowest BCUT2D eigenvalue weighted by Gasteiger charge is -2.24. The van der Waals surface area contributed by atoms with Crippen LogP contribution in [0.25, 0.3) is 0 Å². The molecule has 1 saturated heterocycles. The van der Waals surface area contributed by atoms with Gasteiger partial charge in [-0.1, -0.05) is 23.2 Å². The molecule has 1 aliphatic rings. The van der Waals surface area contributed by atoms with Crippen LogP contribution in [0.1, 0.15) is 32.8 Å². The number of benzene rings is 1. The van der Waals surface area contributed by atoms with Gasteiger partial charge in [-0.25, -0.2) is 4.79 Å². The van der Waals surface area contributed by atoms with Crippen LogP contribution in [-0.2, 0) is 11.3 Å². The van der Waals surface area contributed by atoms with Crippen LogP contribution in [0.4, 0.5) is 4.79 Å². The minimum Gasteiger partial charge on any atom is -0.444 e. The maximum atomic E-state index is 12.0. The Morgan fingerprint density at radius 2 is 1.96 bits per heavy atom. The van der Waals surface area contributed by atoms with Gasteiger partial charge < -0.3 is 15.0 Å². The van der Waals surface area contributed by atoms with Crippen LogP contribution >= 0.6 is 23.2 Å². The van der Waals surface area contributed by atoms with Gasteiger partial charge in [-0.05, 0) is 56.9 Å². The number of carbonyl (C=O) groups excluding carboxylic acids is 1. The SMILES string of the molecule is CC(C)(C)OC(=O)N1CCC(CNCc2cc(Cl)cc(Cl)c2)C1. The quantitative estimate of drug-likeness (QED) is 0.870. The van der Waals surface area contributed by atoms with E-state index in [0.717, 1.165) is 31.6 Å². The highest BCUT2D eigenvalue weighted by molar-refractivity contribution is 6.34. The van der Waals surface area contributed by atoms with Crippen molar-refractivity contribution in [3.05, 3.63) is 33.8 Å². The average molecular weight is 359 g/mol. The number of hydrogen-bond acceptors (Lipinski definition) is 3. The molecule has 4 nitrogen and oxygen atoms in total. The molecular formula is C17H24Cl2N2O2. The fraction of sp³-hybridized carbons (Fsp3) is 0.588. The smallest absolute Gasteiger partial charge is 0.410 e. The van der Waals surface area contributed by atoms with Crippen molar-refractivity contribution in [1.82, 2.24) is 10.2 Å². The van der Waals surface area contributed by atoms with E-state index < -0.39 is 5.60 Å². The number of rotatable bonds is 4. The Morgan fingerprint density at radius 3 is 2.57 bits per heavy atom. The second-order valence-electron chi connectivity index (χ2n) is 6.99. The molecule has 1 aliphatic heterocycles. The number of likely N-dealkylation sites (tertiary alicyclic amines) is 1. The summed E-state index contributed by atoms with van der Waals surface area (Å²) in [6.45, 7) is 8.71. The molecule has 128 valence electrons. The maximum Gasteiger partial charge on any atom is 0.410 e. The summed E-state index contributed by atoms with van der Waals surface area (Å²) < 4.78 is 5.41. The molecule has 0 aromatic heterocycles. The predicted molar refractivity (Wildman–Crippen MR) is 94.1 cm³/mol. The van der Waals surface area contributed by atoms with Crippen molar-refractivity contribution in [2.75, 3.05) is 19.6 Å². The van der Waals surface area contributed by atoms with E-state index in [1.807, 2.05) is 32.9 Å². The molecule has 0 aliphatic carbocycles. The number of nitrogens with one attached hydrogen (secondary N) is 1. The van der Waals surface area contributed by atoms with Crippen LogP contribution < -0.4 is 5.32 Å². The molecule has 0 bridgehead atoms. The molecular weight excluding hydrogens is 335 g/mol. The standard InChI is InChI=1S/C17H24Cl2N2O2/c1-17(2,3)23-16(22)21-5-4-12(11-21)9-20-10-13-6-14(18)8-15(19)7-13/h6-8,12,20H,4-5,9-11H2,1-3H3. The molecule has 1 N–H and O–H groups in total. The first-order valence-electron chi connectivity index (χ1n) is 7.86. The van der Waals surface area contributed by atoms with Gasteiger partial charge in [0.15, 0.2) is 0 Å². The van der Waals surface area contributed by atoms with E-state index in [-0.39, 0.29) is 6.09 Å². The van der Waals surface area contributed by atoms with Crippen molar-refractivity contribution in [2.24, 2.45) is 5.92 Å². The minimum atomic E-state index is -0.445. The fourth-order valence-electron chi connectivity index (χ4n) is 2.63. The summed E-state index contributed by atoms with van der Waals surface area (Å²) in [5.41, 5.74) is 0.615. The van der Waals surface area contributed by atoms with Gasteiger partial charge in [0.1, 0.15) is 5.60 Å². The number of amides is 1. The molecule has 0 spiro atoms. The Balaban J connectivity index is 1.74. The molecule has 1 fully saturated rings. The zero-order chi connectivity index (χ0) is 17.0. The third-order valence-electron chi connectivity index (χ3n) is 3.62. The molecule has 1 heterocycles. The number of carbonyl (C=O) groups is 1. The van der Waals surface area contributed by atoms with Crippen LogP contribution in [0.3, 0.4) is 0 Å². The highest BCUT2D eigenvalue weighted by Gasteiger charge is 2.29. The highest BCUT2D eigenvalue weighted by atomic mass is 35.5. The molecule has 1 aromatic rings. The van der Waals surface area contributed by atoms with E-state index in [1.165, 1.54) is 0 Å². The Morgan fingerprint density at radius 1 is 1.30 bits per heavy atom. The molecule has 6 heteroatoms. The molecule has 1 amide bonds. The number of nitrogens with zero attached hydrogens (tertiary/aromatic N) is 1. The number of ether oxygens (including phenoxy) is 1. The Kier molecular flexibility index (Phi) is 6.18. The zero-order valence-electron chi connectivity index (χ0n) is 13.9. The van der Waals surface area contributed by atoms with Gasteiger partial charge in [0.2, 0.25) is 0 Å². The lowest BCUT2D eigenvalue weighted by Crippen LogP contribution is -2.36.